The molecule has 9 heteroatoms. The van der Waals surface area contributed by atoms with Gasteiger partial charge in [-0.2, -0.15) is 0 Å². The van der Waals surface area contributed by atoms with Gasteiger partial charge in [0.25, 0.3) is 11.8 Å². The van der Waals surface area contributed by atoms with Crippen molar-refractivity contribution in [1.82, 2.24) is 25.3 Å². The van der Waals surface area contributed by atoms with E-state index in [9.17, 15) is 19.5 Å². The van der Waals surface area contributed by atoms with Crippen LogP contribution < -0.4 is 10.6 Å². The Hall–Kier alpha value is -4.13. The van der Waals surface area contributed by atoms with E-state index >= 15 is 0 Å². The molecule has 3 N–H and O–H groups in total. The van der Waals surface area contributed by atoms with Crippen LogP contribution in [0.3, 0.4) is 0 Å². The standard InChI is InChI=1S/C30H33N5O4/c1-4-24-25(36)11-10-23-18-35(27(37)26(23)24)19-30(28(38)31-29(39)32-30)13-12-21-6-8-22(9-7-21)20(3)34-16-14-33(5-2)15-17-34/h4,6-11,20,36H,1,5,14-19H2,2-3H3,(H2,31,32,38,39)/t20?,30-/m1/s1. The molecule has 1 unspecified atom stereocenters. The van der Waals surface area contributed by atoms with Crippen LogP contribution in [0.1, 0.15) is 52.5 Å². The fourth-order valence-electron chi connectivity index (χ4n) is 5.53. The van der Waals surface area contributed by atoms with Crippen molar-refractivity contribution in [2.75, 3.05) is 39.3 Å². The normalized spacial score (nSPS) is 22.1. The summed E-state index contributed by atoms with van der Waals surface area (Å²) in [5.41, 5.74) is 1.69. The molecule has 202 valence electrons. The minimum absolute atomic E-state index is 0.0404. The predicted molar refractivity (Wildman–Crippen MR) is 148 cm³/mol. The highest BCUT2D eigenvalue weighted by molar-refractivity contribution is 6.10. The third-order valence-corrected chi connectivity index (χ3v) is 7.96. The summed E-state index contributed by atoms with van der Waals surface area (Å²) in [6.07, 6.45) is 1.44. The predicted octanol–water partition coefficient (Wildman–Crippen LogP) is 2.32. The molecule has 0 aliphatic carbocycles. The molecule has 3 heterocycles. The average Bonchev–Trinajstić information content (AvgIpc) is 3.41. The number of hydrogen-bond donors (Lipinski definition) is 3. The minimum atomic E-state index is -1.60. The average molecular weight is 528 g/mol. The molecule has 0 radical (unpaired) electrons. The molecule has 2 atom stereocenters. The number of likely N-dealkylation sites (N-methyl/N-ethyl adjacent to an activating group) is 1. The van der Waals surface area contributed by atoms with Crippen molar-refractivity contribution in [3.8, 4) is 17.6 Å². The maximum absolute atomic E-state index is 13.3. The first-order chi connectivity index (χ1) is 18.7. The van der Waals surface area contributed by atoms with Crippen molar-refractivity contribution >= 4 is 23.9 Å². The first-order valence-corrected chi connectivity index (χ1v) is 13.2. The lowest BCUT2D eigenvalue weighted by atomic mass is 9.98. The van der Waals surface area contributed by atoms with E-state index in [1.54, 1.807) is 6.07 Å². The van der Waals surface area contributed by atoms with Gasteiger partial charge in [-0.05, 0) is 42.8 Å². The van der Waals surface area contributed by atoms with Crippen molar-refractivity contribution in [3.05, 3.63) is 70.8 Å². The quantitative estimate of drug-likeness (QED) is 0.394. The molecular weight excluding hydrogens is 494 g/mol. The number of nitrogens with zero attached hydrogens (tertiary/aromatic N) is 3. The summed E-state index contributed by atoms with van der Waals surface area (Å²) in [5, 5.41) is 15.1. The van der Waals surface area contributed by atoms with Gasteiger partial charge in [0.15, 0.2) is 0 Å². The Morgan fingerprint density at radius 1 is 1.10 bits per heavy atom. The largest absolute Gasteiger partial charge is 0.507 e. The van der Waals surface area contributed by atoms with E-state index in [1.807, 2.05) is 24.3 Å². The summed E-state index contributed by atoms with van der Waals surface area (Å²) in [6, 6.07) is 10.7. The molecule has 0 saturated carbocycles. The summed E-state index contributed by atoms with van der Waals surface area (Å²) in [6.45, 7) is 13.5. The number of rotatable bonds is 6. The van der Waals surface area contributed by atoms with Gasteiger partial charge in [0, 0.05) is 49.9 Å². The van der Waals surface area contributed by atoms with E-state index in [4.69, 9.17) is 0 Å². The van der Waals surface area contributed by atoms with Gasteiger partial charge in [0.2, 0.25) is 5.54 Å². The second-order valence-electron chi connectivity index (χ2n) is 10.2. The number of phenols is 1. The van der Waals surface area contributed by atoms with E-state index in [0.29, 0.717) is 22.3 Å². The highest BCUT2D eigenvalue weighted by atomic mass is 16.3. The zero-order valence-electron chi connectivity index (χ0n) is 22.3. The summed E-state index contributed by atoms with van der Waals surface area (Å²) in [5.74, 6) is 4.99. The molecule has 2 aromatic rings. The topological polar surface area (TPSA) is 105 Å². The SMILES string of the molecule is C=Cc1c(O)ccc2c1C(=O)N(C[C@@]1(C#Cc3ccc(C(C)N4CCN(CC)CC4)cc3)NC(=O)NC1=O)C2. The number of benzene rings is 2. The molecular formula is C30H33N5O4. The van der Waals surface area contributed by atoms with Crippen LogP contribution in [0.4, 0.5) is 4.79 Å². The molecule has 0 spiro atoms. The van der Waals surface area contributed by atoms with E-state index in [1.165, 1.54) is 22.6 Å². The third-order valence-electron chi connectivity index (χ3n) is 7.96. The molecule has 0 aromatic heterocycles. The number of carbonyl (C=O) groups is 3. The molecule has 2 aromatic carbocycles. The fourth-order valence-corrected chi connectivity index (χ4v) is 5.53. The van der Waals surface area contributed by atoms with Crippen molar-refractivity contribution in [1.29, 1.82) is 0 Å². The first-order valence-electron chi connectivity index (χ1n) is 13.2. The van der Waals surface area contributed by atoms with Gasteiger partial charge in [0.1, 0.15) is 5.75 Å². The molecule has 39 heavy (non-hydrogen) atoms. The van der Waals surface area contributed by atoms with Gasteiger partial charge in [-0.25, -0.2) is 4.79 Å². The zero-order valence-corrected chi connectivity index (χ0v) is 22.3. The molecule has 5 rings (SSSR count). The van der Waals surface area contributed by atoms with Crippen LogP contribution in [-0.2, 0) is 11.3 Å². The lowest BCUT2D eigenvalue weighted by Crippen LogP contribution is -2.54. The second-order valence-corrected chi connectivity index (χ2v) is 10.2. The number of piperazine rings is 1. The highest BCUT2D eigenvalue weighted by Crippen LogP contribution is 2.33. The van der Waals surface area contributed by atoms with E-state index in [0.717, 1.165) is 32.7 Å². The second kappa shape index (κ2) is 10.6. The van der Waals surface area contributed by atoms with Gasteiger partial charge >= 0.3 is 6.03 Å². The first kappa shape index (κ1) is 26.5. The van der Waals surface area contributed by atoms with Crippen LogP contribution in [0.2, 0.25) is 0 Å². The number of phenolic OH excluding ortho intramolecular Hbond substituents is 1. The van der Waals surface area contributed by atoms with Gasteiger partial charge < -0.3 is 20.2 Å². The number of urea groups is 1. The van der Waals surface area contributed by atoms with Crippen LogP contribution >= 0.6 is 0 Å². The highest BCUT2D eigenvalue weighted by Gasteiger charge is 2.48. The maximum atomic E-state index is 13.3. The summed E-state index contributed by atoms with van der Waals surface area (Å²) in [7, 11) is 0. The Bertz CT molecular complexity index is 1380. The fraction of sp³-hybridized carbons (Fsp3) is 0.367. The summed E-state index contributed by atoms with van der Waals surface area (Å²) in [4.78, 5) is 44.7. The van der Waals surface area contributed by atoms with Crippen LogP contribution in [-0.4, -0.2) is 82.5 Å². The number of imide groups is 1. The number of aromatic hydroxyl groups is 1. The molecule has 3 aliphatic heterocycles. The molecule has 3 aliphatic rings. The lowest BCUT2D eigenvalue weighted by molar-refractivity contribution is -0.122. The van der Waals surface area contributed by atoms with Crippen molar-refractivity contribution in [3.63, 3.8) is 0 Å². The number of nitrogens with one attached hydrogen (secondary N) is 2. The smallest absolute Gasteiger partial charge is 0.323 e. The lowest BCUT2D eigenvalue weighted by Gasteiger charge is -2.37. The number of hydrogen-bond acceptors (Lipinski definition) is 6. The molecule has 9 nitrogen and oxygen atoms in total. The molecule has 2 saturated heterocycles. The zero-order chi connectivity index (χ0) is 27.7. The summed E-state index contributed by atoms with van der Waals surface area (Å²) >= 11 is 0. The molecule has 4 amide bonds. The van der Waals surface area contributed by atoms with Crippen LogP contribution in [0.25, 0.3) is 6.08 Å². The Morgan fingerprint density at radius 3 is 2.44 bits per heavy atom. The Balaban J connectivity index is 1.35. The Morgan fingerprint density at radius 2 is 1.82 bits per heavy atom. The van der Waals surface area contributed by atoms with Crippen molar-refractivity contribution < 1.29 is 19.5 Å². The van der Waals surface area contributed by atoms with E-state index in [2.05, 4.69) is 52.7 Å². The van der Waals surface area contributed by atoms with Gasteiger partial charge in [-0.15, -0.1) is 0 Å². The molecule has 0 bridgehead atoms. The minimum Gasteiger partial charge on any atom is -0.507 e. The van der Waals surface area contributed by atoms with Gasteiger partial charge in [-0.3, -0.25) is 19.8 Å². The van der Waals surface area contributed by atoms with E-state index in [-0.39, 0.29) is 30.8 Å². The number of amides is 4. The van der Waals surface area contributed by atoms with E-state index < -0.39 is 17.5 Å². The molecule has 2 fully saturated rings. The van der Waals surface area contributed by atoms with Crippen LogP contribution in [0.5, 0.6) is 5.75 Å². The van der Waals surface area contributed by atoms with Gasteiger partial charge in [0.05, 0.1) is 12.1 Å². The Kier molecular flexibility index (Phi) is 7.17. The third kappa shape index (κ3) is 5.01. The van der Waals surface area contributed by atoms with Crippen molar-refractivity contribution in [2.45, 2.75) is 32.0 Å². The monoisotopic (exact) mass is 527 g/mol. The van der Waals surface area contributed by atoms with Crippen LogP contribution in [0, 0.1) is 11.8 Å². The van der Waals surface area contributed by atoms with Crippen LogP contribution in [0.15, 0.2) is 43.0 Å². The number of fused-ring (bicyclic) bond motifs is 1. The Labute approximate surface area is 228 Å². The maximum Gasteiger partial charge on any atom is 0.323 e. The van der Waals surface area contributed by atoms with Crippen molar-refractivity contribution in [2.24, 2.45) is 0 Å². The van der Waals surface area contributed by atoms with Gasteiger partial charge in [-0.1, -0.05) is 49.6 Å². The number of carbonyl (C=O) groups excluding carboxylic acids is 3. The summed E-state index contributed by atoms with van der Waals surface area (Å²) < 4.78 is 0.